The van der Waals surface area contributed by atoms with Crippen molar-refractivity contribution in [3.63, 3.8) is 0 Å². The maximum absolute atomic E-state index is 13.0. The van der Waals surface area contributed by atoms with Gasteiger partial charge in [-0.3, -0.25) is 14.2 Å². The minimum atomic E-state index is -0.222. The van der Waals surface area contributed by atoms with E-state index in [0.717, 1.165) is 25.7 Å². The average Bonchev–Trinajstić information content (AvgIpc) is 2.68. The number of unbranched alkanes of at least 4 members (excludes halogenated alkanes) is 3. The van der Waals surface area contributed by atoms with Gasteiger partial charge in [0.25, 0.3) is 5.56 Å². The summed E-state index contributed by atoms with van der Waals surface area (Å²) in [7, 11) is 0. The molecule has 1 heterocycles. The van der Waals surface area contributed by atoms with Gasteiger partial charge in [0.05, 0.1) is 16.9 Å². The van der Waals surface area contributed by atoms with Crippen LogP contribution in [0.1, 0.15) is 78.1 Å². The zero-order chi connectivity index (χ0) is 20.7. The number of hydrogen-bond donors (Lipinski definition) is 0. The fourth-order valence-corrected chi connectivity index (χ4v) is 3.90. The molecule has 2 rings (SSSR count). The molecule has 1 amide bonds. The van der Waals surface area contributed by atoms with Crippen molar-refractivity contribution in [3.05, 3.63) is 39.4 Å². The summed E-state index contributed by atoms with van der Waals surface area (Å²) in [6.07, 6.45) is 5.52. The van der Waals surface area contributed by atoms with E-state index in [1.54, 1.807) is 22.8 Å². The molecule has 154 valence electrons. The van der Waals surface area contributed by atoms with E-state index < -0.39 is 0 Å². The molecule has 1 atom stereocenters. The Hall–Kier alpha value is -1.88. The predicted octanol–water partition coefficient (Wildman–Crippen LogP) is 5.34. The lowest BCUT2D eigenvalue weighted by atomic mass is 10.1. The third-order valence-corrected chi connectivity index (χ3v) is 5.46. The monoisotopic (exact) mass is 405 g/mol. The summed E-state index contributed by atoms with van der Waals surface area (Å²) < 4.78 is 1.69. The number of hydrogen-bond acceptors (Lipinski definition) is 3. The maximum atomic E-state index is 13.0. The molecule has 1 aromatic carbocycles. The van der Waals surface area contributed by atoms with E-state index in [2.05, 4.69) is 6.92 Å². The zero-order valence-corrected chi connectivity index (χ0v) is 18.3. The van der Waals surface area contributed by atoms with Crippen molar-refractivity contribution in [1.29, 1.82) is 0 Å². The standard InChI is InChI=1S/C22H32ClN3O2/c1-5-9-10-11-12-20(27)25(7-3)19(6-2)21-24-18-15-16(23)13-14-17(18)22(28)26(21)8-4/h13-15,19H,5-12H2,1-4H3. The van der Waals surface area contributed by atoms with E-state index in [0.29, 0.717) is 47.7 Å². The highest BCUT2D eigenvalue weighted by Gasteiger charge is 2.26. The molecule has 5 nitrogen and oxygen atoms in total. The topological polar surface area (TPSA) is 55.2 Å². The lowest BCUT2D eigenvalue weighted by Crippen LogP contribution is -2.38. The van der Waals surface area contributed by atoms with Crippen molar-refractivity contribution in [2.45, 2.75) is 78.8 Å². The van der Waals surface area contributed by atoms with E-state index in [1.165, 1.54) is 0 Å². The van der Waals surface area contributed by atoms with Crippen LogP contribution in [0.5, 0.6) is 0 Å². The number of aromatic nitrogens is 2. The summed E-state index contributed by atoms with van der Waals surface area (Å²) in [6, 6.07) is 4.93. The summed E-state index contributed by atoms with van der Waals surface area (Å²) in [4.78, 5) is 32.6. The van der Waals surface area contributed by atoms with Crippen molar-refractivity contribution in [2.75, 3.05) is 6.54 Å². The summed E-state index contributed by atoms with van der Waals surface area (Å²) in [6.45, 7) is 9.22. The molecular formula is C22H32ClN3O2. The molecule has 0 aliphatic carbocycles. The molecule has 6 heteroatoms. The Bertz CT molecular complexity index is 863. The highest BCUT2D eigenvalue weighted by Crippen LogP contribution is 2.25. The minimum Gasteiger partial charge on any atom is -0.333 e. The van der Waals surface area contributed by atoms with Gasteiger partial charge in [0, 0.05) is 24.5 Å². The summed E-state index contributed by atoms with van der Waals surface area (Å²) in [5, 5.41) is 1.10. The second kappa shape index (κ2) is 10.6. The van der Waals surface area contributed by atoms with E-state index >= 15 is 0 Å². The van der Waals surface area contributed by atoms with E-state index in [1.807, 2.05) is 25.7 Å². The molecule has 0 fully saturated rings. The van der Waals surface area contributed by atoms with Crippen molar-refractivity contribution in [3.8, 4) is 0 Å². The Balaban J connectivity index is 2.44. The number of nitrogens with zero attached hydrogens (tertiary/aromatic N) is 3. The smallest absolute Gasteiger partial charge is 0.261 e. The van der Waals surface area contributed by atoms with Gasteiger partial charge in [-0.2, -0.15) is 0 Å². The van der Waals surface area contributed by atoms with Crippen molar-refractivity contribution < 1.29 is 4.79 Å². The first-order chi connectivity index (χ1) is 13.5. The Morgan fingerprint density at radius 3 is 2.54 bits per heavy atom. The van der Waals surface area contributed by atoms with Crippen LogP contribution in [-0.4, -0.2) is 26.9 Å². The highest BCUT2D eigenvalue weighted by atomic mass is 35.5. The second-order valence-electron chi connectivity index (χ2n) is 7.10. The molecule has 1 aromatic heterocycles. The van der Waals surface area contributed by atoms with Gasteiger partial charge in [0.2, 0.25) is 5.91 Å². The van der Waals surface area contributed by atoms with Gasteiger partial charge >= 0.3 is 0 Å². The van der Waals surface area contributed by atoms with E-state index in [9.17, 15) is 9.59 Å². The SMILES string of the molecule is CCCCCCC(=O)N(CC)C(CC)c1nc2cc(Cl)ccc2c(=O)n1CC. The number of carbonyl (C=O) groups is 1. The van der Waals surface area contributed by atoms with Crippen LogP contribution in [0, 0.1) is 0 Å². The van der Waals surface area contributed by atoms with Gasteiger partial charge < -0.3 is 4.90 Å². The number of rotatable bonds is 10. The molecule has 0 saturated heterocycles. The number of carbonyl (C=O) groups excluding carboxylic acids is 1. The van der Waals surface area contributed by atoms with E-state index in [-0.39, 0.29) is 17.5 Å². The fraction of sp³-hybridized carbons (Fsp3) is 0.591. The van der Waals surface area contributed by atoms with Gasteiger partial charge in [-0.05, 0) is 44.9 Å². The van der Waals surface area contributed by atoms with Crippen LogP contribution in [0.25, 0.3) is 10.9 Å². The summed E-state index contributed by atoms with van der Waals surface area (Å²) in [5.74, 6) is 0.780. The quantitative estimate of drug-likeness (QED) is 0.501. The molecule has 0 saturated carbocycles. The summed E-state index contributed by atoms with van der Waals surface area (Å²) >= 11 is 6.12. The van der Waals surface area contributed by atoms with Crippen LogP contribution in [-0.2, 0) is 11.3 Å². The molecule has 2 aromatic rings. The van der Waals surface area contributed by atoms with Crippen LogP contribution < -0.4 is 5.56 Å². The van der Waals surface area contributed by atoms with E-state index in [4.69, 9.17) is 16.6 Å². The molecular weight excluding hydrogens is 374 g/mol. The molecule has 0 spiro atoms. The first-order valence-electron chi connectivity index (χ1n) is 10.5. The minimum absolute atomic E-state index is 0.0796. The van der Waals surface area contributed by atoms with Crippen molar-refractivity contribution in [2.24, 2.45) is 0 Å². The van der Waals surface area contributed by atoms with Gasteiger partial charge in [-0.15, -0.1) is 0 Å². The Kier molecular flexibility index (Phi) is 8.49. The number of fused-ring (bicyclic) bond motifs is 1. The van der Waals surface area contributed by atoms with Gasteiger partial charge in [0.1, 0.15) is 5.82 Å². The first-order valence-corrected chi connectivity index (χ1v) is 10.9. The average molecular weight is 406 g/mol. The molecule has 0 aliphatic rings. The molecule has 28 heavy (non-hydrogen) atoms. The van der Waals surface area contributed by atoms with Crippen LogP contribution in [0.4, 0.5) is 0 Å². The lowest BCUT2D eigenvalue weighted by molar-refractivity contribution is -0.134. The Morgan fingerprint density at radius 2 is 1.93 bits per heavy atom. The third-order valence-electron chi connectivity index (χ3n) is 5.23. The van der Waals surface area contributed by atoms with Gasteiger partial charge in [-0.1, -0.05) is 44.7 Å². The molecule has 0 bridgehead atoms. The molecule has 1 unspecified atom stereocenters. The Morgan fingerprint density at radius 1 is 1.18 bits per heavy atom. The fourth-order valence-electron chi connectivity index (χ4n) is 3.73. The van der Waals surface area contributed by atoms with Crippen molar-refractivity contribution >= 4 is 28.4 Å². The van der Waals surface area contributed by atoms with Crippen LogP contribution >= 0.6 is 11.6 Å². The third kappa shape index (κ3) is 4.93. The van der Waals surface area contributed by atoms with Crippen LogP contribution in [0.3, 0.4) is 0 Å². The normalized spacial score (nSPS) is 12.3. The zero-order valence-electron chi connectivity index (χ0n) is 17.5. The number of amides is 1. The van der Waals surface area contributed by atoms with Crippen LogP contribution in [0.15, 0.2) is 23.0 Å². The van der Waals surface area contributed by atoms with Crippen LogP contribution in [0.2, 0.25) is 5.02 Å². The number of benzene rings is 1. The molecule has 0 aliphatic heterocycles. The lowest BCUT2D eigenvalue weighted by Gasteiger charge is -2.31. The predicted molar refractivity (Wildman–Crippen MR) is 116 cm³/mol. The first kappa shape index (κ1) is 22.4. The summed E-state index contributed by atoms with van der Waals surface area (Å²) in [5.41, 5.74) is 0.506. The molecule has 0 radical (unpaired) electrons. The maximum Gasteiger partial charge on any atom is 0.261 e. The molecule has 0 N–H and O–H groups in total. The Labute approximate surface area is 172 Å². The largest absolute Gasteiger partial charge is 0.333 e. The van der Waals surface area contributed by atoms with Gasteiger partial charge in [-0.25, -0.2) is 4.98 Å². The highest BCUT2D eigenvalue weighted by molar-refractivity contribution is 6.31. The number of halogens is 1. The van der Waals surface area contributed by atoms with Crippen molar-refractivity contribution in [1.82, 2.24) is 14.5 Å². The van der Waals surface area contributed by atoms with Gasteiger partial charge in [0.15, 0.2) is 0 Å². The second-order valence-corrected chi connectivity index (χ2v) is 7.53.